The van der Waals surface area contributed by atoms with Crippen LogP contribution in [0, 0.1) is 5.92 Å². The quantitative estimate of drug-likeness (QED) is 0.606. The molecule has 1 aliphatic heterocycles. The van der Waals surface area contributed by atoms with Crippen LogP contribution in [0.5, 0.6) is 0 Å². The molecule has 0 amide bonds. The first-order chi connectivity index (χ1) is 15.3. The number of rotatable bonds is 6. The second-order valence-electron chi connectivity index (χ2n) is 8.30. The molecule has 0 bridgehead atoms. The van der Waals surface area contributed by atoms with E-state index in [-0.39, 0.29) is 18.6 Å². The second-order valence-corrected chi connectivity index (χ2v) is 11.2. The highest BCUT2D eigenvalue weighted by atomic mass is 35.5. The molecule has 1 heterocycles. The van der Waals surface area contributed by atoms with Crippen molar-refractivity contribution in [1.82, 2.24) is 4.90 Å². The van der Waals surface area contributed by atoms with Crippen molar-refractivity contribution in [1.29, 1.82) is 0 Å². The molecule has 2 aromatic carbocycles. The van der Waals surface area contributed by atoms with Crippen LogP contribution in [0.3, 0.4) is 0 Å². The topological polar surface area (TPSA) is 57.6 Å². The SMILES string of the molecule is CS(=O)(=O)C(=C1C=C(CO)C=CC1)C1CN(C(c2ccc(Cl)cc2)c2ccc(Cl)cc2)C1. The first-order valence-electron chi connectivity index (χ1n) is 10.4. The van der Waals surface area contributed by atoms with Crippen molar-refractivity contribution in [2.75, 3.05) is 26.0 Å². The average Bonchev–Trinajstić information content (AvgIpc) is 2.73. The molecule has 0 aromatic heterocycles. The zero-order valence-electron chi connectivity index (χ0n) is 17.7. The largest absolute Gasteiger partial charge is 0.392 e. The van der Waals surface area contributed by atoms with Gasteiger partial charge in [-0.25, -0.2) is 8.42 Å². The summed E-state index contributed by atoms with van der Waals surface area (Å²) in [6.07, 6.45) is 7.40. The standard InChI is InChI=1S/C25H25Cl2NO3S/c1-32(30,31)25(20-4-2-3-17(13-20)16-29)21-14-28(15-21)24(18-5-9-22(26)10-6-18)19-7-11-23(27)12-8-19/h2-3,5-13,21,24,29H,4,14-16H2,1H3. The van der Waals surface area contributed by atoms with Crippen LogP contribution in [-0.2, 0) is 9.84 Å². The maximum absolute atomic E-state index is 12.7. The predicted molar refractivity (Wildman–Crippen MR) is 131 cm³/mol. The summed E-state index contributed by atoms with van der Waals surface area (Å²) in [6, 6.07) is 15.5. The number of aliphatic hydroxyl groups excluding tert-OH is 1. The fraction of sp³-hybridized carbons (Fsp3) is 0.280. The van der Waals surface area contributed by atoms with Crippen molar-refractivity contribution in [3.05, 3.63) is 104 Å². The number of halogens is 2. The number of likely N-dealkylation sites (tertiary alicyclic amines) is 1. The molecule has 0 unspecified atom stereocenters. The lowest BCUT2D eigenvalue weighted by atomic mass is 9.88. The third-order valence-corrected chi connectivity index (χ3v) is 7.84. The van der Waals surface area contributed by atoms with E-state index in [1.54, 1.807) is 0 Å². The zero-order valence-corrected chi connectivity index (χ0v) is 20.0. The lowest BCUT2D eigenvalue weighted by Gasteiger charge is -2.46. The van der Waals surface area contributed by atoms with E-state index >= 15 is 0 Å². The van der Waals surface area contributed by atoms with Crippen molar-refractivity contribution in [3.8, 4) is 0 Å². The Morgan fingerprint density at radius 1 is 1.03 bits per heavy atom. The maximum Gasteiger partial charge on any atom is 0.172 e. The smallest absolute Gasteiger partial charge is 0.172 e. The van der Waals surface area contributed by atoms with Crippen molar-refractivity contribution >= 4 is 33.0 Å². The van der Waals surface area contributed by atoms with E-state index in [1.165, 1.54) is 6.26 Å². The molecule has 4 nitrogen and oxygen atoms in total. The first kappa shape index (κ1) is 23.3. The molecule has 0 radical (unpaired) electrons. The highest BCUT2D eigenvalue weighted by Gasteiger charge is 2.39. The summed E-state index contributed by atoms with van der Waals surface area (Å²) < 4.78 is 25.5. The van der Waals surface area contributed by atoms with Crippen LogP contribution in [0.25, 0.3) is 0 Å². The average molecular weight is 490 g/mol. The molecule has 4 rings (SSSR count). The van der Waals surface area contributed by atoms with Crippen LogP contribution in [0.1, 0.15) is 23.6 Å². The van der Waals surface area contributed by atoms with Gasteiger partial charge in [-0.1, -0.05) is 65.7 Å². The molecule has 32 heavy (non-hydrogen) atoms. The highest BCUT2D eigenvalue weighted by Crippen LogP contribution is 2.40. The van der Waals surface area contributed by atoms with Gasteiger partial charge in [-0.15, -0.1) is 0 Å². The summed E-state index contributed by atoms with van der Waals surface area (Å²) in [5.41, 5.74) is 3.68. The Morgan fingerprint density at radius 2 is 1.56 bits per heavy atom. The maximum atomic E-state index is 12.7. The van der Waals surface area contributed by atoms with Gasteiger partial charge in [0.15, 0.2) is 9.84 Å². The number of allylic oxidation sites excluding steroid dienone is 3. The minimum Gasteiger partial charge on any atom is -0.392 e. The van der Waals surface area contributed by atoms with Crippen LogP contribution in [0.2, 0.25) is 10.0 Å². The van der Waals surface area contributed by atoms with E-state index in [2.05, 4.69) is 4.90 Å². The third kappa shape index (κ3) is 5.03. The van der Waals surface area contributed by atoms with E-state index < -0.39 is 9.84 Å². The highest BCUT2D eigenvalue weighted by molar-refractivity contribution is 7.94. The van der Waals surface area contributed by atoms with Gasteiger partial charge in [0.1, 0.15) is 0 Å². The lowest BCUT2D eigenvalue weighted by molar-refractivity contribution is 0.0923. The molecular weight excluding hydrogens is 465 g/mol. The minimum absolute atomic E-state index is 0.0265. The van der Waals surface area contributed by atoms with Crippen LogP contribution in [0.4, 0.5) is 0 Å². The molecule has 1 N–H and O–H groups in total. The van der Waals surface area contributed by atoms with Gasteiger partial charge >= 0.3 is 0 Å². The number of hydrogen-bond donors (Lipinski definition) is 1. The Bertz CT molecular complexity index is 1130. The van der Waals surface area contributed by atoms with Gasteiger partial charge in [0.25, 0.3) is 0 Å². The van der Waals surface area contributed by atoms with Crippen LogP contribution >= 0.6 is 23.2 Å². The Hall–Kier alpha value is -1.89. The fourth-order valence-corrected chi connectivity index (χ4v) is 6.16. The molecule has 0 saturated carbocycles. The number of hydrogen-bond acceptors (Lipinski definition) is 4. The van der Waals surface area contributed by atoms with Gasteiger partial charge in [-0.05, 0) is 53.0 Å². The van der Waals surface area contributed by atoms with Crippen molar-refractivity contribution < 1.29 is 13.5 Å². The van der Waals surface area contributed by atoms with E-state index in [0.29, 0.717) is 34.5 Å². The molecular formula is C25H25Cl2NO3S. The molecule has 2 aliphatic rings. The Labute approximate surface area is 199 Å². The van der Waals surface area contributed by atoms with Gasteiger partial charge < -0.3 is 5.11 Å². The molecule has 7 heteroatoms. The summed E-state index contributed by atoms with van der Waals surface area (Å²) in [7, 11) is -3.39. The second kappa shape index (κ2) is 9.54. The zero-order chi connectivity index (χ0) is 22.9. The van der Waals surface area contributed by atoms with Crippen molar-refractivity contribution in [2.24, 2.45) is 5.92 Å². The molecule has 0 spiro atoms. The number of nitrogens with zero attached hydrogens (tertiary/aromatic N) is 1. The van der Waals surface area contributed by atoms with Gasteiger partial charge in [0, 0.05) is 35.3 Å². The van der Waals surface area contributed by atoms with Crippen molar-refractivity contribution in [2.45, 2.75) is 12.5 Å². The monoisotopic (exact) mass is 489 g/mol. The fourth-order valence-electron chi connectivity index (χ4n) is 4.53. The van der Waals surface area contributed by atoms with Gasteiger partial charge in [-0.3, -0.25) is 4.90 Å². The summed E-state index contributed by atoms with van der Waals surface area (Å²) in [4.78, 5) is 2.76. The minimum atomic E-state index is -3.39. The van der Waals surface area contributed by atoms with E-state index in [0.717, 1.165) is 22.3 Å². The summed E-state index contributed by atoms with van der Waals surface area (Å²) in [6.45, 7) is 1.13. The Kier molecular flexibility index (Phi) is 6.94. The van der Waals surface area contributed by atoms with Crippen LogP contribution in [0.15, 0.2) is 82.8 Å². The molecule has 1 fully saturated rings. The predicted octanol–water partition coefficient (Wildman–Crippen LogP) is 5.19. The molecule has 1 saturated heterocycles. The summed E-state index contributed by atoms with van der Waals surface area (Å²) in [5, 5.41) is 10.8. The lowest BCUT2D eigenvalue weighted by Crippen LogP contribution is -2.50. The van der Waals surface area contributed by atoms with E-state index in [4.69, 9.17) is 23.2 Å². The van der Waals surface area contributed by atoms with Crippen LogP contribution < -0.4 is 0 Å². The molecule has 1 aliphatic carbocycles. The van der Waals surface area contributed by atoms with E-state index in [9.17, 15) is 13.5 Å². The van der Waals surface area contributed by atoms with Gasteiger partial charge in [0.2, 0.25) is 0 Å². The number of sulfone groups is 1. The van der Waals surface area contributed by atoms with Crippen LogP contribution in [-0.4, -0.2) is 44.4 Å². The molecule has 0 atom stereocenters. The Balaban J connectivity index is 1.65. The summed E-state index contributed by atoms with van der Waals surface area (Å²) >= 11 is 12.2. The third-order valence-electron chi connectivity index (χ3n) is 5.95. The summed E-state index contributed by atoms with van der Waals surface area (Å²) in [5.74, 6) is -0.0928. The number of aliphatic hydroxyl groups is 1. The van der Waals surface area contributed by atoms with Gasteiger partial charge in [0.05, 0.1) is 17.6 Å². The normalized spacial score (nSPS) is 19.1. The van der Waals surface area contributed by atoms with Crippen molar-refractivity contribution in [3.63, 3.8) is 0 Å². The molecule has 2 aromatic rings. The first-order valence-corrected chi connectivity index (χ1v) is 13.1. The number of benzene rings is 2. The van der Waals surface area contributed by atoms with E-state index in [1.807, 2.05) is 66.8 Å². The Morgan fingerprint density at radius 3 is 2.03 bits per heavy atom. The molecule has 168 valence electrons. The van der Waals surface area contributed by atoms with Gasteiger partial charge in [-0.2, -0.15) is 0 Å².